The number of benzene rings is 2. The van der Waals surface area contributed by atoms with Crippen molar-refractivity contribution in [3.63, 3.8) is 0 Å². The molecule has 2 aromatic carbocycles. The summed E-state index contributed by atoms with van der Waals surface area (Å²) in [4.78, 5) is 36.1. The molecule has 0 radical (unpaired) electrons. The Bertz CT molecular complexity index is 1030. The SMILES string of the molecule is CC(=O)OC1C(OCc2ccccc2)[C@H](OC(C)=O)C(C[Si](C)(C)c2ccccc2)O[C@H]1OC(C)=O. The summed E-state index contributed by atoms with van der Waals surface area (Å²) in [5.74, 6) is -1.72. The molecule has 1 saturated heterocycles. The van der Waals surface area contributed by atoms with Crippen molar-refractivity contribution in [3.8, 4) is 0 Å². The van der Waals surface area contributed by atoms with Gasteiger partial charge < -0.3 is 23.7 Å². The molecule has 0 bridgehead atoms. The van der Waals surface area contributed by atoms with Crippen molar-refractivity contribution in [1.82, 2.24) is 0 Å². The summed E-state index contributed by atoms with van der Waals surface area (Å²) in [6, 6.07) is 20.1. The smallest absolute Gasteiger partial charge is 0.305 e. The molecule has 3 rings (SSSR count). The number of carbonyl (C=O) groups excluding carboxylic acids is 3. The zero-order chi connectivity index (χ0) is 26.3. The number of rotatable bonds is 9. The minimum atomic E-state index is -2.12. The molecular weight excluding hydrogens is 480 g/mol. The van der Waals surface area contributed by atoms with Crippen molar-refractivity contribution in [2.75, 3.05) is 0 Å². The lowest BCUT2D eigenvalue weighted by Gasteiger charge is -2.46. The van der Waals surface area contributed by atoms with Gasteiger partial charge in [-0.1, -0.05) is 78.9 Å². The van der Waals surface area contributed by atoms with E-state index >= 15 is 0 Å². The summed E-state index contributed by atoms with van der Waals surface area (Å²) in [5.41, 5.74) is 0.881. The maximum Gasteiger partial charge on any atom is 0.305 e. The van der Waals surface area contributed by atoms with E-state index in [1.165, 1.54) is 26.0 Å². The number of esters is 3. The van der Waals surface area contributed by atoms with E-state index in [-0.39, 0.29) is 6.61 Å². The van der Waals surface area contributed by atoms with Crippen LogP contribution < -0.4 is 5.19 Å². The molecule has 0 N–H and O–H groups in total. The third-order valence-corrected chi connectivity index (χ3v) is 9.35. The normalized spacial score (nSPS) is 24.0. The first-order valence-electron chi connectivity index (χ1n) is 11.9. The van der Waals surface area contributed by atoms with E-state index in [4.69, 9.17) is 23.7 Å². The molecule has 0 saturated carbocycles. The van der Waals surface area contributed by atoms with Gasteiger partial charge in [-0.2, -0.15) is 0 Å². The molecule has 1 aliphatic rings. The predicted octanol–water partition coefficient (Wildman–Crippen LogP) is 3.34. The zero-order valence-corrected chi connectivity index (χ0v) is 22.3. The van der Waals surface area contributed by atoms with Crippen LogP contribution in [0.2, 0.25) is 19.1 Å². The van der Waals surface area contributed by atoms with E-state index in [0.717, 1.165) is 5.56 Å². The van der Waals surface area contributed by atoms with Gasteiger partial charge in [0, 0.05) is 20.8 Å². The minimum Gasteiger partial charge on any atom is -0.457 e. The van der Waals surface area contributed by atoms with Gasteiger partial charge in [0.1, 0.15) is 6.10 Å². The molecule has 0 aliphatic carbocycles. The van der Waals surface area contributed by atoms with Crippen molar-refractivity contribution >= 4 is 31.2 Å². The van der Waals surface area contributed by atoms with Gasteiger partial charge in [-0.3, -0.25) is 14.4 Å². The summed E-state index contributed by atoms with van der Waals surface area (Å²) in [5, 5.41) is 1.20. The van der Waals surface area contributed by atoms with Crippen LogP contribution in [0.15, 0.2) is 60.7 Å². The molecule has 3 unspecified atom stereocenters. The second kappa shape index (κ2) is 12.3. The molecular formula is C27H34O8Si. The molecule has 5 atom stereocenters. The molecule has 36 heavy (non-hydrogen) atoms. The highest BCUT2D eigenvalue weighted by Gasteiger charge is 2.53. The Hall–Kier alpha value is -3.01. The first-order chi connectivity index (χ1) is 17.1. The fourth-order valence-electron chi connectivity index (χ4n) is 4.42. The molecule has 0 spiro atoms. The predicted molar refractivity (Wildman–Crippen MR) is 135 cm³/mol. The van der Waals surface area contributed by atoms with Crippen LogP contribution in [0.3, 0.4) is 0 Å². The average Bonchev–Trinajstić information content (AvgIpc) is 2.81. The van der Waals surface area contributed by atoms with E-state index in [0.29, 0.717) is 6.04 Å². The maximum absolute atomic E-state index is 12.2. The Kier molecular flexibility index (Phi) is 9.41. The lowest BCUT2D eigenvalue weighted by atomic mass is 9.98. The Morgan fingerprint density at radius 3 is 1.83 bits per heavy atom. The van der Waals surface area contributed by atoms with E-state index in [2.05, 4.69) is 25.2 Å². The topological polar surface area (TPSA) is 97.4 Å². The zero-order valence-electron chi connectivity index (χ0n) is 21.3. The summed E-state index contributed by atoms with van der Waals surface area (Å²) in [6.45, 7) is 8.36. The second-order valence-electron chi connectivity index (χ2n) is 9.52. The lowest BCUT2D eigenvalue weighted by molar-refractivity contribution is -0.298. The molecule has 1 heterocycles. The molecule has 1 aliphatic heterocycles. The molecule has 0 amide bonds. The molecule has 2 aromatic rings. The van der Waals surface area contributed by atoms with Crippen molar-refractivity contribution in [2.24, 2.45) is 0 Å². The first-order valence-corrected chi connectivity index (χ1v) is 15.2. The summed E-state index contributed by atoms with van der Waals surface area (Å²) in [7, 11) is -2.12. The molecule has 0 aromatic heterocycles. The van der Waals surface area contributed by atoms with Crippen LogP contribution in [0.5, 0.6) is 0 Å². The van der Waals surface area contributed by atoms with E-state index < -0.39 is 56.7 Å². The quantitative estimate of drug-likeness (QED) is 0.286. The van der Waals surface area contributed by atoms with Crippen molar-refractivity contribution < 1.29 is 38.1 Å². The molecule has 194 valence electrons. The molecule has 1 fully saturated rings. The van der Waals surface area contributed by atoms with Crippen LogP contribution in [0.1, 0.15) is 26.3 Å². The van der Waals surface area contributed by atoms with E-state index in [9.17, 15) is 14.4 Å². The van der Waals surface area contributed by atoms with Gasteiger partial charge in [0.2, 0.25) is 6.29 Å². The fraction of sp³-hybridized carbons (Fsp3) is 0.444. The Labute approximate surface area is 212 Å². The van der Waals surface area contributed by atoms with Gasteiger partial charge in [-0.25, -0.2) is 0 Å². The van der Waals surface area contributed by atoms with Crippen LogP contribution in [-0.4, -0.2) is 56.7 Å². The van der Waals surface area contributed by atoms with Gasteiger partial charge in [-0.15, -0.1) is 0 Å². The Morgan fingerprint density at radius 1 is 0.750 bits per heavy atom. The van der Waals surface area contributed by atoms with Crippen molar-refractivity contribution in [3.05, 3.63) is 66.2 Å². The first kappa shape index (κ1) is 27.6. The third-order valence-electron chi connectivity index (χ3n) is 6.03. The van der Waals surface area contributed by atoms with Gasteiger partial charge in [0.05, 0.1) is 20.8 Å². The minimum absolute atomic E-state index is 0.167. The standard InChI is InChI=1S/C27H34O8Si/c1-18(28)32-24-23(17-36(4,5)22-14-10-7-11-15-22)35-27(34-20(3)30)26(33-19(2)29)25(24)31-16-21-12-8-6-9-13-21/h6-15,23-27H,16-17H2,1-5H3/t23?,24-,25?,26?,27-/m1/s1. The van der Waals surface area contributed by atoms with Crippen molar-refractivity contribution in [1.29, 1.82) is 0 Å². The monoisotopic (exact) mass is 514 g/mol. The van der Waals surface area contributed by atoms with E-state index in [1.807, 2.05) is 48.5 Å². The number of hydrogen-bond acceptors (Lipinski definition) is 8. The van der Waals surface area contributed by atoms with E-state index in [1.54, 1.807) is 0 Å². The fourth-order valence-corrected chi connectivity index (χ4v) is 7.08. The summed E-state index contributed by atoms with van der Waals surface area (Å²) >= 11 is 0. The number of hydrogen-bond donors (Lipinski definition) is 0. The summed E-state index contributed by atoms with van der Waals surface area (Å²) < 4.78 is 29.2. The van der Waals surface area contributed by atoms with Crippen LogP contribution >= 0.6 is 0 Å². The second-order valence-corrected chi connectivity index (χ2v) is 14.3. The average molecular weight is 515 g/mol. The third kappa shape index (κ3) is 7.49. The molecule has 9 heteroatoms. The van der Waals surface area contributed by atoms with Crippen LogP contribution in [0, 0.1) is 0 Å². The number of ether oxygens (including phenoxy) is 5. The Balaban J connectivity index is 1.99. The van der Waals surface area contributed by atoms with Crippen LogP contribution in [0.25, 0.3) is 0 Å². The highest BCUT2D eigenvalue weighted by Crippen LogP contribution is 2.34. The summed E-state index contributed by atoms with van der Waals surface area (Å²) in [6.07, 6.45) is -4.82. The maximum atomic E-state index is 12.2. The van der Waals surface area contributed by atoms with Crippen LogP contribution in [-0.2, 0) is 44.7 Å². The van der Waals surface area contributed by atoms with Gasteiger partial charge >= 0.3 is 17.9 Å². The largest absolute Gasteiger partial charge is 0.457 e. The highest BCUT2D eigenvalue weighted by atomic mass is 28.3. The number of carbonyl (C=O) groups is 3. The van der Waals surface area contributed by atoms with Gasteiger partial charge in [-0.05, 0) is 11.6 Å². The van der Waals surface area contributed by atoms with Crippen molar-refractivity contribution in [2.45, 2.75) is 77.2 Å². The van der Waals surface area contributed by atoms with Gasteiger partial charge in [0.25, 0.3) is 0 Å². The van der Waals surface area contributed by atoms with Crippen LogP contribution in [0.4, 0.5) is 0 Å². The van der Waals surface area contributed by atoms with Gasteiger partial charge in [0.15, 0.2) is 12.2 Å². The highest BCUT2D eigenvalue weighted by molar-refractivity contribution is 6.89. The Morgan fingerprint density at radius 2 is 1.28 bits per heavy atom. The molecule has 8 nitrogen and oxygen atoms in total. The lowest BCUT2D eigenvalue weighted by Crippen LogP contribution is -2.63.